The zero-order valence-electron chi connectivity index (χ0n) is 10.4. The average Bonchev–Trinajstić information content (AvgIpc) is 2.33. The van der Waals surface area contributed by atoms with Gasteiger partial charge >= 0.3 is 18.5 Å². The summed E-state index contributed by atoms with van der Waals surface area (Å²) < 4.78 is 87.0. The highest BCUT2D eigenvalue weighted by Crippen LogP contribution is 2.42. The molecule has 0 aliphatic carbocycles. The smallest absolute Gasteiger partial charge is 0.480 e. The first-order valence-corrected chi connectivity index (χ1v) is 4.99. The maximum Gasteiger partial charge on any atom is 0.573 e. The van der Waals surface area contributed by atoms with Crippen molar-refractivity contribution in [1.82, 2.24) is 4.98 Å². The van der Waals surface area contributed by atoms with E-state index >= 15 is 0 Å². The van der Waals surface area contributed by atoms with Gasteiger partial charge in [-0.05, 0) is 0 Å². The summed E-state index contributed by atoms with van der Waals surface area (Å²) in [6.45, 7) is 0. The van der Waals surface area contributed by atoms with Crippen LogP contribution in [0, 0.1) is 0 Å². The van der Waals surface area contributed by atoms with Crippen LogP contribution in [0.4, 0.5) is 26.3 Å². The zero-order chi connectivity index (χ0) is 16.4. The normalized spacial score (nSPS) is 12.0. The van der Waals surface area contributed by atoms with Gasteiger partial charge in [0, 0.05) is 6.20 Å². The molecule has 0 fully saturated rings. The fraction of sp³-hybridized carbons (Fsp3) is 0.400. The quantitative estimate of drug-likeness (QED) is 0.633. The molecule has 118 valence electrons. The van der Waals surface area contributed by atoms with Gasteiger partial charge in [-0.2, -0.15) is 13.2 Å². The molecule has 0 atom stereocenters. The van der Waals surface area contributed by atoms with Crippen molar-refractivity contribution in [2.45, 2.75) is 12.5 Å². The molecule has 0 aromatic carbocycles. The van der Waals surface area contributed by atoms with Gasteiger partial charge in [0.2, 0.25) is 5.88 Å². The Bertz CT molecular complexity index is 540. The Hall–Kier alpha value is -2.20. The molecule has 1 aromatic heterocycles. The Morgan fingerprint density at radius 3 is 2.10 bits per heavy atom. The van der Waals surface area contributed by atoms with E-state index in [9.17, 15) is 31.1 Å². The first-order valence-electron chi connectivity index (χ1n) is 4.99. The fourth-order valence-electron chi connectivity index (χ4n) is 1.34. The molecule has 0 aliphatic heterocycles. The summed E-state index contributed by atoms with van der Waals surface area (Å²) in [7, 11) is 1.67. The molecule has 11 heteroatoms. The van der Waals surface area contributed by atoms with Gasteiger partial charge in [0.1, 0.15) is 5.56 Å². The third-order valence-corrected chi connectivity index (χ3v) is 2.10. The summed E-state index contributed by atoms with van der Waals surface area (Å²) in [5.74, 6) is -4.10. The molecule has 0 aliphatic rings. The van der Waals surface area contributed by atoms with Crippen molar-refractivity contribution >= 4 is 5.97 Å². The number of carbonyl (C=O) groups excluding carboxylic acids is 1. The number of nitrogens with zero attached hydrogens (tertiary/aromatic N) is 1. The predicted molar refractivity (Wildman–Crippen MR) is 53.8 cm³/mol. The summed E-state index contributed by atoms with van der Waals surface area (Å²) >= 11 is 0. The molecule has 0 radical (unpaired) electrons. The van der Waals surface area contributed by atoms with E-state index in [1.807, 2.05) is 0 Å². The fourth-order valence-corrected chi connectivity index (χ4v) is 1.34. The molecule has 5 nitrogen and oxygen atoms in total. The maximum absolute atomic E-state index is 12.7. The molecule has 0 saturated heterocycles. The molecule has 1 aromatic rings. The highest BCUT2D eigenvalue weighted by atomic mass is 19.4. The molecule has 0 bridgehead atoms. The Balaban J connectivity index is 3.66. The number of pyridine rings is 1. The highest BCUT2D eigenvalue weighted by Gasteiger charge is 2.43. The van der Waals surface area contributed by atoms with Crippen molar-refractivity contribution in [2.75, 3.05) is 14.2 Å². The molecular formula is C10H7F6NO4. The minimum absolute atomic E-state index is 0.0619. The standard InChI is InChI=1S/C10H7F6NO4/c1-19-7-5(8(18)20-2)6(21-10(14,15)16)4(3-17-7)9(11,12)13/h3H,1-2H3. The topological polar surface area (TPSA) is 57.7 Å². The van der Waals surface area contributed by atoms with E-state index in [2.05, 4.69) is 19.2 Å². The van der Waals surface area contributed by atoms with Crippen LogP contribution in [0.1, 0.15) is 15.9 Å². The van der Waals surface area contributed by atoms with Gasteiger partial charge in [0.05, 0.1) is 14.2 Å². The number of rotatable bonds is 3. The first-order chi connectivity index (χ1) is 9.51. The van der Waals surface area contributed by atoms with E-state index in [1.54, 1.807) is 0 Å². The van der Waals surface area contributed by atoms with Crippen LogP contribution in [0.3, 0.4) is 0 Å². The number of hydrogen-bond donors (Lipinski definition) is 0. The third kappa shape index (κ3) is 3.89. The van der Waals surface area contributed by atoms with Gasteiger partial charge in [-0.25, -0.2) is 9.78 Å². The lowest BCUT2D eigenvalue weighted by atomic mass is 10.1. The van der Waals surface area contributed by atoms with Crippen LogP contribution in [0.2, 0.25) is 0 Å². The second-order valence-corrected chi connectivity index (χ2v) is 3.42. The lowest BCUT2D eigenvalue weighted by Crippen LogP contribution is -2.23. The van der Waals surface area contributed by atoms with Gasteiger partial charge in [0.15, 0.2) is 11.3 Å². The number of ether oxygens (including phenoxy) is 3. The van der Waals surface area contributed by atoms with Gasteiger partial charge in [0.25, 0.3) is 0 Å². The van der Waals surface area contributed by atoms with Crippen LogP contribution < -0.4 is 9.47 Å². The number of halogens is 6. The Morgan fingerprint density at radius 1 is 1.14 bits per heavy atom. The molecule has 0 spiro atoms. The van der Waals surface area contributed by atoms with E-state index < -0.39 is 41.3 Å². The van der Waals surface area contributed by atoms with Gasteiger partial charge in [-0.1, -0.05) is 0 Å². The molecule has 0 unspecified atom stereocenters. The first kappa shape index (κ1) is 16.9. The second-order valence-electron chi connectivity index (χ2n) is 3.42. The van der Waals surface area contributed by atoms with E-state index in [0.29, 0.717) is 0 Å². The summed E-state index contributed by atoms with van der Waals surface area (Å²) in [6.07, 6.45) is -10.6. The number of esters is 1. The molecule has 21 heavy (non-hydrogen) atoms. The van der Waals surface area contributed by atoms with Crippen LogP contribution in [-0.2, 0) is 10.9 Å². The number of aromatic nitrogens is 1. The lowest BCUT2D eigenvalue weighted by Gasteiger charge is -2.18. The monoisotopic (exact) mass is 319 g/mol. The molecule has 0 N–H and O–H groups in total. The summed E-state index contributed by atoms with van der Waals surface area (Å²) in [4.78, 5) is 14.6. The van der Waals surface area contributed by atoms with E-state index in [1.165, 1.54) is 0 Å². The largest absolute Gasteiger partial charge is 0.573 e. The van der Waals surface area contributed by atoms with Crippen LogP contribution in [0.15, 0.2) is 6.20 Å². The summed E-state index contributed by atoms with van der Waals surface area (Å²) in [5.41, 5.74) is -3.10. The predicted octanol–water partition coefficient (Wildman–Crippen LogP) is 2.79. The van der Waals surface area contributed by atoms with Crippen molar-refractivity contribution in [3.05, 3.63) is 17.3 Å². The second kappa shape index (κ2) is 5.66. The van der Waals surface area contributed by atoms with Crippen molar-refractivity contribution in [2.24, 2.45) is 0 Å². The summed E-state index contributed by atoms with van der Waals surface area (Å²) in [6, 6.07) is 0. The molecule has 0 saturated carbocycles. The van der Waals surface area contributed by atoms with Crippen molar-refractivity contribution in [3.8, 4) is 11.6 Å². The molecule has 1 rings (SSSR count). The van der Waals surface area contributed by atoms with Crippen LogP contribution >= 0.6 is 0 Å². The van der Waals surface area contributed by atoms with Crippen LogP contribution in [0.5, 0.6) is 11.6 Å². The van der Waals surface area contributed by atoms with Gasteiger partial charge < -0.3 is 14.2 Å². The Morgan fingerprint density at radius 2 is 1.71 bits per heavy atom. The number of carbonyl (C=O) groups is 1. The van der Waals surface area contributed by atoms with E-state index in [0.717, 1.165) is 14.2 Å². The van der Waals surface area contributed by atoms with Crippen LogP contribution in [0.25, 0.3) is 0 Å². The van der Waals surface area contributed by atoms with E-state index in [-0.39, 0.29) is 6.20 Å². The SMILES string of the molecule is COC(=O)c1c(OC)ncc(C(F)(F)F)c1OC(F)(F)F. The lowest BCUT2D eigenvalue weighted by molar-refractivity contribution is -0.276. The number of alkyl halides is 6. The van der Waals surface area contributed by atoms with Gasteiger partial charge in [-0.15, -0.1) is 13.2 Å². The van der Waals surface area contributed by atoms with Crippen molar-refractivity contribution < 1.29 is 45.3 Å². The number of hydrogen-bond acceptors (Lipinski definition) is 5. The van der Waals surface area contributed by atoms with Crippen LogP contribution in [-0.4, -0.2) is 31.5 Å². The molecule has 0 amide bonds. The Kier molecular flexibility index (Phi) is 4.54. The van der Waals surface area contributed by atoms with Crippen molar-refractivity contribution in [1.29, 1.82) is 0 Å². The maximum atomic E-state index is 12.7. The minimum Gasteiger partial charge on any atom is -0.480 e. The highest BCUT2D eigenvalue weighted by molar-refractivity contribution is 5.95. The molecule has 1 heterocycles. The van der Waals surface area contributed by atoms with Gasteiger partial charge in [-0.3, -0.25) is 0 Å². The van der Waals surface area contributed by atoms with E-state index in [4.69, 9.17) is 0 Å². The molecular weight excluding hydrogens is 312 g/mol. The average molecular weight is 319 g/mol. The number of methoxy groups -OCH3 is 2. The minimum atomic E-state index is -5.46. The zero-order valence-corrected chi connectivity index (χ0v) is 10.4. The third-order valence-electron chi connectivity index (χ3n) is 2.10. The van der Waals surface area contributed by atoms with Crippen molar-refractivity contribution in [3.63, 3.8) is 0 Å². The summed E-state index contributed by atoms with van der Waals surface area (Å²) in [5, 5.41) is 0. The Labute approximate surface area is 113 Å².